The number of aryl methyl sites for hydroxylation is 1. The van der Waals surface area contributed by atoms with Crippen LogP contribution >= 0.6 is 0 Å². The molecule has 1 heteroatoms. The van der Waals surface area contributed by atoms with Gasteiger partial charge in [-0.3, -0.25) is 4.99 Å². The van der Waals surface area contributed by atoms with Crippen molar-refractivity contribution in [1.82, 2.24) is 0 Å². The number of benzene rings is 1. The second-order valence-corrected chi connectivity index (χ2v) is 5.61. The van der Waals surface area contributed by atoms with Crippen molar-refractivity contribution in [3.05, 3.63) is 35.4 Å². The Kier molecular flexibility index (Phi) is 6.13. The molecule has 1 nitrogen and oxygen atoms in total. The van der Waals surface area contributed by atoms with Gasteiger partial charge in [0.15, 0.2) is 0 Å². The molecule has 1 aromatic carbocycles. The van der Waals surface area contributed by atoms with Gasteiger partial charge in [-0.05, 0) is 43.2 Å². The molecule has 1 aliphatic rings. The Morgan fingerprint density at radius 2 is 1.74 bits per heavy atom. The van der Waals surface area contributed by atoms with Gasteiger partial charge < -0.3 is 0 Å². The average Bonchev–Trinajstić information content (AvgIpc) is 2.65. The number of aliphatic imine (C=N–C) groups is 1. The molecule has 104 valence electrons. The largest absolute Gasteiger partial charge is 0.289 e. The van der Waals surface area contributed by atoms with Gasteiger partial charge in [0.2, 0.25) is 0 Å². The molecule has 0 spiro atoms. The van der Waals surface area contributed by atoms with Gasteiger partial charge in [0.25, 0.3) is 0 Å². The lowest BCUT2D eigenvalue weighted by Gasteiger charge is -2.07. The Hall–Kier alpha value is -1.11. The summed E-state index contributed by atoms with van der Waals surface area (Å²) < 4.78 is 0. The van der Waals surface area contributed by atoms with Crippen molar-refractivity contribution in [1.29, 1.82) is 0 Å². The third-order valence-electron chi connectivity index (χ3n) is 4.00. The molecule has 0 saturated carbocycles. The van der Waals surface area contributed by atoms with Crippen LogP contribution in [0.1, 0.15) is 69.4 Å². The summed E-state index contributed by atoms with van der Waals surface area (Å²) in [5.74, 6) is 0. The summed E-state index contributed by atoms with van der Waals surface area (Å²) in [5, 5.41) is 0. The molecule has 0 aromatic heterocycles. The molecule has 0 atom stereocenters. The first kappa shape index (κ1) is 14.3. The van der Waals surface area contributed by atoms with E-state index in [2.05, 4.69) is 31.2 Å². The van der Waals surface area contributed by atoms with Gasteiger partial charge in [0.05, 0.1) is 0 Å². The number of nitrogens with zero attached hydrogens (tertiary/aromatic N) is 1. The zero-order chi connectivity index (χ0) is 13.3. The normalized spacial score (nSPS) is 17.2. The summed E-state index contributed by atoms with van der Waals surface area (Å²) in [6.45, 7) is 3.29. The van der Waals surface area contributed by atoms with Crippen LogP contribution in [0.3, 0.4) is 0 Å². The number of fused-ring (bicyclic) bond motifs is 1. The van der Waals surface area contributed by atoms with Gasteiger partial charge in [-0.1, -0.05) is 56.9 Å². The van der Waals surface area contributed by atoms with Crippen molar-refractivity contribution in [3.8, 4) is 0 Å². The van der Waals surface area contributed by atoms with E-state index >= 15 is 0 Å². The smallest absolute Gasteiger partial charge is 0.0423 e. The summed E-state index contributed by atoms with van der Waals surface area (Å²) in [4.78, 5) is 4.90. The first-order valence-electron chi connectivity index (χ1n) is 8.03. The predicted molar refractivity (Wildman–Crippen MR) is 84.2 cm³/mol. The summed E-state index contributed by atoms with van der Waals surface area (Å²) in [6, 6.07) is 8.85. The van der Waals surface area contributed by atoms with Crippen LogP contribution < -0.4 is 0 Å². The van der Waals surface area contributed by atoms with E-state index in [1.165, 1.54) is 74.6 Å². The second kappa shape index (κ2) is 8.14. The highest BCUT2D eigenvalue weighted by molar-refractivity contribution is 6.02. The Morgan fingerprint density at radius 3 is 2.63 bits per heavy atom. The van der Waals surface area contributed by atoms with Crippen LogP contribution in [-0.4, -0.2) is 12.3 Å². The van der Waals surface area contributed by atoms with Crippen molar-refractivity contribution in [3.63, 3.8) is 0 Å². The van der Waals surface area contributed by atoms with Gasteiger partial charge in [-0.15, -0.1) is 0 Å². The predicted octanol–water partition coefficient (Wildman–Crippen LogP) is 5.17. The molecule has 0 N–H and O–H groups in total. The van der Waals surface area contributed by atoms with Crippen LogP contribution in [0.2, 0.25) is 0 Å². The molecule has 0 bridgehead atoms. The van der Waals surface area contributed by atoms with Crippen LogP contribution in [0.25, 0.3) is 0 Å². The molecule has 1 aliphatic carbocycles. The molecular weight excluding hydrogens is 230 g/mol. The highest BCUT2D eigenvalue weighted by atomic mass is 14.7. The molecule has 0 amide bonds. The number of unbranched alkanes of at least 4 members (excludes halogenated alkanes) is 4. The van der Waals surface area contributed by atoms with Crippen molar-refractivity contribution in [2.45, 2.75) is 64.7 Å². The SMILES string of the molecule is CCCCCCCN=C1CCCCc2ccccc21. The maximum atomic E-state index is 4.90. The number of rotatable bonds is 6. The van der Waals surface area contributed by atoms with Gasteiger partial charge in [-0.2, -0.15) is 0 Å². The topological polar surface area (TPSA) is 12.4 Å². The van der Waals surface area contributed by atoms with Gasteiger partial charge in [-0.25, -0.2) is 0 Å². The van der Waals surface area contributed by atoms with E-state index in [0.29, 0.717) is 0 Å². The zero-order valence-electron chi connectivity index (χ0n) is 12.3. The van der Waals surface area contributed by atoms with Crippen molar-refractivity contribution < 1.29 is 0 Å². The highest BCUT2D eigenvalue weighted by Crippen LogP contribution is 2.21. The quantitative estimate of drug-likeness (QED) is 0.492. The number of hydrogen-bond donors (Lipinski definition) is 0. The first-order chi connectivity index (χ1) is 9.42. The molecule has 0 unspecified atom stereocenters. The lowest BCUT2D eigenvalue weighted by molar-refractivity contribution is 0.638. The summed E-state index contributed by atoms with van der Waals surface area (Å²) >= 11 is 0. The lowest BCUT2D eigenvalue weighted by atomic mass is 10.0. The Morgan fingerprint density at radius 1 is 0.947 bits per heavy atom. The minimum absolute atomic E-state index is 1.02. The van der Waals surface area contributed by atoms with Crippen LogP contribution in [0.4, 0.5) is 0 Å². The maximum Gasteiger partial charge on any atom is 0.0423 e. The zero-order valence-corrected chi connectivity index (χ0v) is 12.3. The van der Waals surface area contributed by atoms with E-state index in [0.717, 1.165) is 6.54 Å². The van der Waals surface area contributed by atoms with E-state index in [4.69, 9.17) is 4.99 Å². The minimum Gasteiger partial charge on any atom is -0.289 e. The third kappa shape index (κ3) is 4.49. The van der Waals surface area contributed by atoms with Crippen LogP contribution in [0, 0.1) is 0 Å². The Labute approximate surface area is 118 Å². The van der Waals surface area contributed by atoms with E-state index in [1.807, 2.05) is 0 Å². The molecule has 0 aliphatic heterocycles. The Balaban J connectivity index is 1.91. The molecule has 0 saturated heterocycles. The fourth-order valence-electron chi connectivity index (χ4n) is 2.86. The monoisotopic (exact) mass is 257 g/mol. The van der Waals surface area contributed by atoms with Crippen LogP contribution in [-0.2, 0) is 6.42 Å². The summed E-state index contributed by atoms with van der Waals surface area (Å²) in [7, 11) is 0. The molecule has 2 rings (SSSR count). The fraction of sp³-hybridized carbons (Fsp3) is 0.611. The van der Waals surface area contributed by atoms with Gasteiger partial charge in [0.1, 0.15) is 0 Å². The van der Waals surface area contributed by atoms with Crippen molar-refractivity contribution in [2.75, 3.05) is 6.54 Å². The fourth-order valence-corrected chi connectivity index (χ4v) is 2.86. The van der Waals surface area contributed by atoms with E-state index in [1.54, 1.807) is 0 Å². The summed E-state index contributed by atoms with van der Waals surface area (Å²) in [6.07, 6.45) is 11.7. The molecule has 0 heterocycles. The first-order valence-corrected chi connectivity index (χ1v) is 8.03. The van der Waals surface area contributed by atoms with Crippen LogP contribution in [0.5, 0.6) is 0 Å². The van der Waals surface area contributed by atoms with Gasteiger partial charge >= 0.3 is 0 Å². The Bertz CT molecular complexity index is 406. The van der Waals surface area contributed by atoms with Crippen molar-refractivity contribution in [2.24, 2.45) is 4.99 Å². The van der Waals surface area contributed by atoms with E-state index in [-0.39, 0.29) is 0 Å². The standard InChI is InChI=1S/C18H27N/c1-2-3-4-5-10-15-19-18-14-9-7-12-16-11-6-8-13-17(16)18/h6,8,11,13H,2-5,7,9-10,12,14-15H2,1H3. The highest BCUT2D eigenvalue weighted by Gasteiger charge is 2.12. The second-order valence-electron chi connectivity index (χ2n) is 5.61. The van der Waals surface area contributed by atoms with E-state index in [9.17, 15) is 0 Å². The lowest BCUT2D eigenvalue weighted by Crippen LogP contribution is -2.03. The average molecular weight is 257 g/mol. The van der Waals surface area contributed by atoms with Crippen LogP contribution in [0.15, 0.2) is 29.3 Å². The molecular formula is C18H27N. The molecule has 1 aromatic rings. The van der Waals surface area contributed by atoms with Crippen molar-refractivity contribution >= 4 is 5.71 Å². The summed E-state index contributed by atoms with van der Waals surface area (Å²) in [5.41, 5.74) is 4.29. The van der Waals surface area contributed by atoms with E-state index < -0.39 is 0 Å². The molecule has 19 heavy (non-hydrogen) atoms. The maximum absolute atomic E-state index is 4.90. The third-order valence-corrected chi connectivity index (χ3v) is 4.00. The van der Waals surface area contributed by atoms with Gasteiger partial charge in [0, 0.05) is 12.3 Å². The molecule has 0 fully saturated rings. The minimum atomic E-state index is 1.02. The molecule has 0 radical (unpaired) electrons. The number of hydrogen-bond acceptors (Lipinski definition) is 1.